The number of carboxylic acids is 1. The number of alkyl halides is 6. The summed E-state index contributed by atoms with van der Waals surface area (Å²) in [6.45, 7) is 1.51. The normalized spacial score (nSPS) is 23.2. The van der Waals surface area contributed by atoms with Crippen LogP contribution in [0.3, 0.4) is 0 Å². The number of amides is 2. The number of carbonyl (C=O) groups excluding carboxylic acids is 2. The molecule has 0 bridgehead atoms. The van der Waals surface area contributed by atoms with Crippen molar-refractivity contribution in [3.05, 3.63) is 69.1 Å². The first-order valence-electron chi connectivity index (χ1n) is 19.8. The standard InChI is InChI=1S/C41H45F7N4O6S/c1-2-8-30-39(58-26-23-31(59-24-26)41(46,47)48,15-6-19-52(30)34(53)32-27(40(43,44)45)10-4-18-50-32)35(54)51-20-16-38(25-49,17-21-51)28-9-3-11-29(42)33(28)57-22-7-14-37(36(55)56)12-5-13-37/h4,10-11,18,23-24,30H,2-3,5-9,12-17,19-22H2,1H3,(H,55,56)/t30-,39+/m1/s1. The number of halogens is 7. The van der Waals surface area contributed by atoms with Crippen LogP contribution in [-0.4, -0.2) is 75.6 Å². The number of nitriles is 1. The van der Waals surface area contributed by atoms with Crippen LogP contribution in [0.15, 0.2) is 53.0 Å². The number of aromatic nitrogens is 1. The summed E-state index contributed by atoms with van der Waals surface area (Å²) in [5, 5.41) is 21.4. The largest absolute Gasteiger partial charge is 0.491 e. The van der Waals surface area contributed by atoms with Crippen molar-refractivity contribution in [2.75, 3.05) is 26.2 Å². The molecule has 59 heavy (non-hydrogen) atoms. The highest BCUT2D eigenvalue weighted by atomic mass is 32.1. The van der Waals surface area contributed by atoms with Crippen molar-refractivity contribution in [1.29, 1.82) is 5.26 Å². The molecule has 4 heterocycles. The Hall–Kier alpha value is -4.66. The lowest BCUT2D eigenvalue weighted by Gasteiger charge is -2.51. The quantitative estimate of drug-likeness (QED) is 0.156. The number of ether oxygens (including phenoxy) is 2. The summed E-state index contributed by atoms with van der Waals surface area (Å²) in [4.78, 5) is 46.2. The van der Waals surface area contributed by atoms with E-state index in [0.29, 0.717) is 55.4 Å². The monoisotopic (exact) mass is 854 g/mol. The van der Waals surface area contributed by atoms with Gasteiger partial charge in [-0.1, -0.05) is 19.8 Å². The summed E-state index contributed by atoms with van der Waals surface area (Å²) < 4.78 is 111. The van der Waals surface area contributed by atoms with Crippen LogP contribution < -0.4 is 4.74 Å². The van der Waals surface area contributed by atoms with Gasteiger partial charge in [-0.25, -0.2) is 4.39 Å². The van der Waals surface area contributed by atoms with E-state index in [1.165, 1.54) is 11.0 Å². The number of allylic oxidation sites excluding steroid dienone is 3. The number of rotatable bonds is 13. The summed E-state index contributed by atoms with van der Waals surface area (Å²) in [7, 11) is 0. The molecule has 6 rings (SSSR count). The number of carboxylic acid groups (broad SMARTS) is 1. The zero-order valence-corrected chi connectivity index (χ0v) is 33.2. The SMILES string of the molecule is CCC[C@H]1N(C(=O)c2ncccc2C(F)(F)F)CCC[C@@]1(Oc1csc(C(F)(F)F)c1)C(=O)N1CCC(C#N)(C2=C(OCCCC3(C(=O)O)CCC3)C(F)=CCC2)CC1. The number of hydrogen-bond acceptors (Lipinski definition) is 8. The summed E-state index contributed by atoms with van der Waals surface area (Å²) >= 11 is 0.342. The van der Waals surface area contributed by atoms with Gasteiger partial charge >= 0.3 is 18.3 Å². The van der Waals surface area contributed by atoms with Crippen LogP contribution in [0.2, 0.25) is 0 Å². The van der Waals surface area contributed by atoms with Gasteiger partial charge in [0.15, 0.2) is 11.6 Å². The lowest BCUT2D eigenvalue weighted by molar-refractivity contribution is -0.161. The van der Waals surface area contributed by atoms with Gasteiger partial charge in [-0.2, -0.15) is 31.6 Å². The molecule has 0 unspecified atom stereocenters. The van der Waals surface area contributed by atoms with E-state index < -0.39 is 74.6 Å². The van der Waals surface area contributed by atoms with Crippen LogP contribution in [0.1, 0.15) is 111 Å². The molecule has 2 aliphatic carbocycles. The number of likely N-dealkylation sites (tertiary alicyclic amines) is 2. The van der Waals surface area contributed by atoms with Gasteiger partial charge in [-0.05, 0) is 88.0 Å². The molecule has 10 nitrogen and oxygen atoms in total. The molecule has 2 atom stereocenters. The van der Waals surface area contributed by atoms with Gasteiger partial charge in [0.25, 0.3) is 11.8 Å². The summed E-state index contributed by atoms with van der Waals surface area (Å²) in [6, 6.07) is 3.61. The molecule has 2 aromatic heterocycles. The minimum Gasteiger partial charge on any atom is -0.491 e. The maximum atomic E-state index is 15.5. The second-order valence-electron chi connectivity index (χ2n) is 15.7. The average Bonchev–Trinajstić information content (AvgIpc) is 3.67. The highest BCUT2D eigenvalue weighted by Gasteiger charge is 2.57. The van der Waals surface area contributed by atoms with Crippen LogP contribution in [0.5, 0.6) is 5.75 Å². The third-order valence-electron chi connectivity index (χ3n) is 12.2. The Morgan fingerprint density at radius 2 is 1.78 bits per heavy atom. The first-order valence-corrected chi connectivity index (χ1v) is 20.6. The molecule has 2 saturated heterocycles. The number of piperidine rings is 2. The predicted molar refractivity (Wildman–Crippen MR) is 199 cm³/mol. The van der Waals surface area contributed by atoms with Gasteiger partial charge in [0.05, 0.1) is 35.1 Å². The molecule has 1 saturated carbocycles. The molecule has 4 aliphatic rings. The van der Waals surface area contributed by atoms with Gasteiger partial charge in [-0.15, -0.1) is 11.3 Å². The van der Waals surface area contributed by atoms with Crippen molar-refractivity contribution in [3.63, 3.8) is 0 Å². The second-order valence-corrected chi connectivity index (χ2v) is 16.6. The minimum absolute atomic E-state index is 0.0174. The summed E-state index contributed by atoms with van der Waals surface area (Å²) in [6.07, 6.45) is -3.73. The van der Waals surface area contributed by atoms with E-state index in [2.05, 4.69) is 11.1 Å². The van der Waals surface area contributed by atoms with Crippen LogP contribution >= 0.6 is 11.3 Å². The van der Waals surface area contributed by atoms with Crippen LogP contribution in [0.4, 0.5) is 30.7 Å². The molecule has 0 spiro atoms. The maximum absolute atomic E-state index is 15.5. The number of pyridine rings is 1. The molecule has 2 amide bonds. The van der Waals surface area contributed by atoms with Crippen molar-refractivity contribution < 1.29 is 59.7 Å². The minimum atomic E-state index is -4.94. The average molecular weight is 855 g/mol. The summed E-state index contributed by atoms with van der Waals surface area (Å²) in [5.74, 6) is -3.72. The Labute approximate surface area is 340 Å². The van der Waals surface area contributed by atoms with E-state index >= 15 is 9.18 Å². The van der Waals surface area contributed by atoms with Gasteiger partial charge in [-0.3, -0.25) is 19.4 Å². The van der Waals surface area contributed by atoms with Crippen molar-refractivity contribution >= 4 is 29.1 Å². The highest BCUT2D eigenvalue weighted by Crippen LogP contribution is 2.49. The van der Waals surface area contributed by atoms with E-state index in [9.17, 15) is 46.3 Å². The van der Waals surface area contributed by atoms with E-state index in [4.69, 9.17) is 9.47 Å². The molecule has 0 radical (unpaired) electrons. The lowest BCUT2D eigenvalue weighted by Crippen LogP contribution is -2.68. The van der Waals surface area contributed by atoms with E-state index in [0.717, 1.165) is 41.1 Å². The van der Waals surface area contributed by atoms with Crippen molar-refractivity contribution in [2.45, 2.75) is 114 Å². The smallest absolute Gasteiger partial charge is 0.425 e. The number of carbonyl (C=O) groups is 3. The molecule has 2 aliphatic heterocycles. The Bertz CT molecular complexity index is 2010. The Morgan fingerprint density at radius 3 is 2.37 bits per heavy atom. The van der Waals surface area contributed by atoms with Gasteiger partial charge in [0.1, 0.15) is 16.3 Å². The number of thiophene rings is 1. The fourth-order valence-corrected chi connectivity index (χ4v) is 9.66. The first kappa shape index (κ1) is 43.9. The van der Waals surface area contributed by atoms with Gasteiger partial charge < -0.3 is 24.4 Å². The molecule has 1 N–H and O–H groups in total. The molecule has 0 aromatic carbocycles. The van der Waals surface area contributed by atoms with Crippen LogP contribution in [0.25, 0.3) is 0 Å². The molecule has 18 heteroatoms. The Balaban J connectivity index is 1.30. The highest BCUT2D eigenvalue weighted by molar-refractivity contribution is 7.10. The summed E-state index contributed by atoms with van der Waals surface area (Å²) in [5.41, 5.74) is -5.89. The Kier molecular flexibility index (Phi) is 12.8. The molecular formula is C41H45F7N4O6S. The zero-order chi connectivity index (χ0) is 42.8. The Morgan fingerprint density at radius 1 is 1.05 bits per heavy atom. The topological polar surface area (TPSA) is 133 Å². The molecule has 3 fully saturated rings. The number of nitrogens with zero attached hydrogens (tertiary/aromatic N) is 4. The fraction of sp³-hybridized carbons (Fsp3) is 0.585. The fourth-order valence-electron chi connectivity index (χ4n) is 8.98. The molecule has 2 aromatic rings. The van der Waals surface area contributed by atoms with E-state index in [-0.39, 0.29) is 76.3 Å². The first-order chi connectivity index (χ1) is 27.9. The van der Waals surface area contributed by atoms with Crippen molar-refractivity contribution in [3.8, 4) is 11.8 Å². The van der Waals surface area contributed by atoms with Crippen molar-refractivity contribution in [1.82, 2.24) is 14.8 Å². The van der Waals surface area contributed by atoms with Crippen molar-refractivity contribution in [2.24, 2.45) is 10.8 Å². The van der Waals surface area contributed by atoms with E-state index in [1.54, 1.807) is 6.92 Å². The lowest BCUT2D eigenvalue weighted by atomic mass is 9.66. The number of aliphatic carboxylic acids is 1. The van der Waals surface area contributed by atoms with Gasteiger partial charge in [0, 0.05) is 43.7 Å². The van der Waals surface area contributed by atoms with Crippen LogP contribution in [-0.2, 0) is 26.7 Å². The third-order valence-corrected chi connectivity index (χ3v) is 13.2. The molecule has 320 valence electrons. The number of hydrogen-bond donors (Lipinski definition) is 1. The molecular weight excluding hydrogens is 810 g/mol. The third kappa shape index (κ3) is 8.67. The predicted octanol–water partition coefficient (Wildman–Crippen LogP) is 9.49. The maximum Gasteiger partial charge on any atom is 0.425 e. The van der Waals surface area contributed by atoms with E-state index in [1.807, 2.05) is 0 Å². The van der Waals surface area contributed by atoms with Crippen LogP contribution in [0, 0.1) is 22.2 Å². The zero-order valence-electron chi connectivity index (χ0n) is 32.4. The van der Waals surface area contributed by atoms with Gasteiger partial charge in [0.2, 0.25) is 5.60 Å². The second kappa shape index (κ2) is 17.1.